The lowest BCUT2D eigenvalue weighted by atomic mass is 9.95. The van der Waals surface area contributed by atoms with Crippen LogP contribution in [0.3, 0.4) is 0 Å². The van der Waals surface area contributed by atoms with Crippen molar-refractivity contribution in [3.8, 4) is 0 Å². The third kappa shape index (κ3) is 3.27. The van der Waals surface area contributed by atoms with Crippen molar-refractivity contribution in [1.82, 2.24) is 15.0 Å². The molecule has 150 valence electrons. The van der Waals surface area contributed by atoms with Gasteiger partial charge >= 0.3 is 0 Å². The van der Waals surface area contributed by atoms with E-state index < -0.39 is 11.6 Å². The second kappa shape index (κ2) is 7.18. The Balaban J connectivity index is 1.52. The van der Waals surface area contributed by atoms with E-state index in [2.05, 4.69) is 32.8 Å². The number of rotatable bonds is 2. The lowest BCUT2D eigenvalue weighted by Gasteiger charge is -2.35. The summed E-state index contributed by atoms with van der Waals surface area (Å²) in [5.41, 5.74) is 3.69. The van der Waals surface area contributed by atoms with Crippen LogP contribution in [0.1, 0.15) is 24.1 Å². The first-order valence-corrected chi connectivity index (χ1v) is 9.76. The van der Waals surface area contributed by atoms with Gasteiger partial charge in [-0.05, 0) is 17.7 Å². The van der Waals surface area contributed by atoms with Crippen LogP contribution < -0.4 is 9.80 Å². The number of fused-ring (bicyclic) bond motifs is 2. The van der Waals surface area contributed by atoms with Gasteiger partial charge < -0.3 is 14.5 Å². The van der Waals surface area contributed by atoms with Crippen molar-refractivity contribution in [2.45, 2.75) is 19.4 Å². The topological polar surface area (TPSA) is 54.4 Å². The molecule has 29 heavy (non-hydrogen) atoms. The van der Waals surface area contributed by atoms with Crippen LogP contribution >= 0.6 is 0 Å². The standard InChI is InChI=1S/C21H21F2N5O/c1-13-10-28(21-16-7-17(22)18(23)8-19(16)25-12-26-21)11-14-6-15(9-24-20(13)14)27-2-4-29-5-3-27/h6-9,12-13H,2-5,10-11H2,1H3/t13-/m0/s1. The molecule has 0 aliphatic carbocycles. The lowest BCUT2D eigenvalue weighted by molar-refractivity contribution is 0.122. The number of ether oxygens (including phenoxy) is 1. The number of pyridine rings is 1. The van der Waals surface area contributed by atoms with Gasteiger partial charge in [0, 0.05) is 43.5 Å². The number of hydrogen-bond donors (Lipinski definition) is 0. The van der Waals surface area contributed by atoms with E-state index in [9.17, 15) is 8.78 Å². The van der Waals surface area contributed by atoms with Gasteiger partial charge in [0.15, 0.2) is 11.6 Å². The number of aromatic nitrogens is 3. The van der Waals surface area contributed by atoms with Crippen LogP contribution in [0.4, 0.5) is 20.3 Å². The third-order valence-electron chi connectivity index (χ3n) is 5.64. The van der Waals surface area contributed by atoms with Crippen LogP contribution in [0.25, 0.3) is 10.9 Å². The summed E-state index contributed by atoms with van der Waals surface area (Å²) < 4.78 is 33.0. The number of hydrogen-bond acceptors (Lipinski definition) is 6. The summed E-state index contributed by atoms with van der Waals surface area (Å²) in [6.45, 7) is 6.56. The molecule has 0 N–H and O–H groups in total. The normalized spacial score (nSPS) is 19.5. The van der Waals surface area contributed by atoms with Crippen LogP contribution in [0.15, 0.2) is 30.7 Å². The average molecular weight is 397 g/mol. The molecule has 8 heteroatoms. The fourth-order valence-electron chi connectivity index (χ4n) is 4.21. The third-order valence-corrected chi connectivity index (χ3v) is 5.64. The zero-order chi connectivity index (χ0) is 20.0. The van der Waals surface area contributed by atoms with Crippen molar-refractivity contribution in [3.63, 3.8) is 0 Å². The Morgan fingerprint density at radius 2 is 1.79 bits per heavy atom. The molecule has 0 amide bonds. The molecular formula is C21H21F2N5O. The Morgan fingerprint density at radius 1 is 1.00 bits per heavy atom. The molecule has 0 saturated carbocycles. The molecule has 0 spiro atoms. The van der Waals surface area contributed by atoms with Gasteiger partial charge in [-0.25, -0.2) is 18.7 Å². The molecular weight excluding hydrogens is 376 g/mol. The van der Waals surface area contributed by atoms with Crippen LogP contribution in [0.2, 0.25) is 0 Å². The summed E-state index contributed by atoms with van der Waals surface area (Å²) in [6, 6.07) is 4.48. The second-order valence-corrected chi connectivity index (χ2v) is 7.60. The first-order valence-electron chi connectivity index (χ1n) is 9.76. The molecule has 1 aromatic carbocycles. The molecule has 0 radical (unpaired) electrons. The maximum atomic E-state index is 13.9. The number of halogens is 2. The predicted molar refractivity (Wildman–Crippen MR) is 106 cm³/mol. The molecule has 0 bridgehead atoms. The van der Waals surface area contributed by atoms with Gasteiger partial charge in [0.2, 0.25) is 0 Å². The molecule has 1 atom stereocenters. The highest BCUT2D eigenvalue weighted by atomic mass is 19.2. The van der Waals surface area contributed by atoms with Gasteiger partial charge in [0.05, 0.1) is 36.3 Å². The fraction of sp³-hybridized carbons (Fsp3) is 0.381. The second-order valence-electron chi connectivity index (χ2n) is 7.60. The minimum Gasteiger partial charge on any atom is -0.378 e. The molecule has 5 rings (SSSR count). The van der Waals surface area contributed by atoms with Crippen molar-refractivity contribution >= 4 is 22.4 Å². The highest BCUT2D eigenvalue weighted by Crippen LogP contribution is 2.34. The zero-order valence-corrected chi connectivity index (χ0v) is 16.1. The highest BCUT2D eigenvalue weighted by Gasteiger charge is 2.27. The Labute approximate surface area is 167 Å². The largest absolute Gasteiger partial charge is 0.378 e. The molecule has 2 aliphatic rings. The van der Waals surface area contributed by atoms with E-state index in [1.807, 2.05) is 6.20 Å². The van der Waals surface area contributed by atoms with Crippen LogP contribution in [-0.4, -0.2) is 47.8 Å². The van der Waals surface area contributed by atoms with Crippen LogP contribution in [0, 0.1) is 11.6 Å². The maximum absolute atomic E-state index is 13.9. The Kier molecular flexibility index (Phi) is 4.50. The van der Waals surface area contributed by atoms with Crippen LogP contribution in [-0.2, 0) is 11.3 Å². The Morgan fingerprint density at radius 3 is 2.62 bits per heavy atom. The monoisotopic (exact) mass is 397 g/mol. The first-order chi connectivity index (χ1) is 14.1. The van der Waals surface area contributed by atoms with Gasteiger partial charge in [-0.3, -0.25) is 4.98 Å². The average Bonchev–Trinajstić information content (AvgIpc) is 2.74. The SMILES string of the molecule is C[C@H]1CN(c2ncnc3cc(F)c(F)cc23)Cc2cc(N3CCOCC3)cnc21. The molecule has 3 aromatic rings. The van der Waals surface area contributed by atoms with E-state index in [1.54, 1.807) is 0 Å². The molecule has 4 heterocycles. The number of benzene rings is 1. The number of morpholine rings is 1. The number of anilines is 2. The first kappa shape index (κ1) is 18.2. The summed E-state index contributed by atoms with van der Waals surface area (Å²) in [7, 11) is 0. The summed E-state index contributed by atoms with van der Waals surface area (Å²) in [6.07, 6.45) is 3.34. The summed E-state index contributed by atoms with van der Waals surface area (Å²) in [4.78, 5) is 17.6. The van der Waals surface area contributed by atoms with Crippen molar-refractivity contribution in [2.75, 3.05) is 42.6 Å². The highest BCUT2D eigenvalue weighted by molar-refractivity contribution is 5.89. The van der Waals surface area contributed by atoms with Crippen molar-refractivity contribution in [1.29, 1.82) is 0 Å². The minimum absolute atomic E-state index is 0.188. The Hall–Kier alpha value is -2.87. The van der Waals surface area contributed by atoms with E-state index >= 15 is 0 Å². The molecule has 2 aromatic heterocycles. The van der Waals surface area contributed by atoms with E-state index in [0.29, 0.717) is 43.0 Å². The van der Waals surface area contributed by atoms with Crippen molar-refractivity contribution in [2.24, 2.45) is 0 Å². The maximum Gasteiger partial charge on any atom is 0.161 e. The van der Waals surface area contributed by atoms with Gasteiger partial charge in [-0.15, -0.1) is 0 Å². The van der Waals surface area contributed by atoms with Gasteiger partial charge in [0.25, 0.3) is 0 Å². The Bertz CT molecular complexity index is 1070. The van der Waals surface area contributed by atoms with E-state index in [-0.39, 0.29) is 5.92 Å². The fourth-order valence-corrected chi connectivity index (χ4v) is 4.21. The summed E-state index contributed by atoms with van der Waals surface area (Å²) in [5.74, 6) is -0.995. The molecule has 1 fully saturated rings. The molecule has 0 unspecified atom stereocenters. The summed E-state index contributed by atoms with van der Waals surface area (Å²) in [5, 5.41) is 0.513. The van der Waals surface area contributed by atoms with Gasteiger partial charge in [-0.2, -0.15) is 0 Å². The quantitative estimate of drug-likeness (QED) is 0.662. The predicted octanol–water partition coefficient (Wildman–Crippen LogP) is 3.26. The number of nitrogens with zero attached hydrogens (tertiary/aromatic N) is 5. The van der Waals surface area contributed by atoms with Crippen molar-refractivity contribution in [3.05, 3.63) is 53.6 Å². The van der Waals surface area contributed by atoms with E-state index in [4.69, 9.17) is 9.72 Å². The molecule has 2 aliphatic heterocycles. The summed E-state index contributed by atoms with van der Waals surface area (Å²) >= 11 is 0. The molecule has 6 nitrogen and oxygen atoms in total. The lowest BCUT2D eigenvalue weighted by Crippen LogP contribution is -2.37. The van der Waals surface area contributed by atoms with Gasteiger partial charge in [-0.1, -0.05) is 6.92 Å². The van der Waals surface area contributed by atoms with Crippen molar-refractivity contribution < 1.29 is 13.5 Å². The zero-order valence-electron chi connectivity index (χ0n) is 16.1. The van der Waals surface area contributed by atoms with Gasteiger partial charge in [0.1, 0.15) is 12.1 Å². The minimum atomic E-state index is -0.904. The molecule has 1 saturated heterocycles. The van der Waals surface area contributed by atoms with E-state index in [0.717, 1.165) is 36.1 Å². The van der Waals surface area contributed by atoms with E-state index in [1.165, 1.54) is 12.4 Å². The van der Waals surface area contributed by atoms with Crippen LogP contribution in [0.5, 0.6) is 0 Å². The smallest absolute Gasteiger partial charge is 0.161 e.